The number of phenolic OH excluding ortho intramolecular Hbond substituents is 1. The van der Waals surface area contributed by atoms with Crippen LogP contribution in [0.2, 0.25) is 0 Å². The number of nitrogens with zero attached hydrogens (tertiary/aromatic N) is 5. The first-order valence-electron chi connectivity index (χ1n) is 7.99. The molecule has 0 aliphatic rings. The van der Waals surface area contributed by atoms with Gasteiger partial charge in [-0.05, 0) is 85.8 Å². The summed E-state index contributed by atoms with van der Waals surface area (Å²) in [5.74, 6) is 0.875. The first-order chi connectivity index (χ1) is 14.0. The van der Waals surface area contributed by atoms with Gasteiger partial charge in [-0.1, -0.05) is 22.0 Å². The van der Waals surface area contributed by atoms with Crippen molar-refractivity contribution in [1.29, 1.82) is 0 Å². The third-order valence-electron chi connectivity index (χ3n) is 3.63. The number of anilines is 3. The summed E-state index contributed by atoms with van der Waals surface area (Å²) < 4.78 is 7.33. The van der Waals surface area contributed by atoms with Crippen molar-refractivity contribution >= 4 is 95.9 Å². The van der Waals surface area contributed by atoms with Crippen LogP contribution in [0.5, 0.6) is 5.75 Å². The zero-order valence-electron chi connectivity index (χ0n) is 14.3. The van der Waals surface area contributed by atoms with Gasteiger partial charge in [0.1, 0.15) is 5.75 Å². The largest absolute Gasteiger partial charge is 0.506 e. The molecule has 2 aromatic carbocycles. The zero-order valence-corrected chi connectivity index (χ0v) is 20.2. The van der Waals surface area contributed by atoms with Crippen LogP contribution in [0.4, 0.5) is 17.3 Å². The molecule has 0 spiro atoms. The number of phenols is 1. The highest BCUT2D eigenvalue weighted by Crippen LogP contribution is 2.27. The van der Waals surface area contributed by atoms with E-state index in [2.05, 4.69) is 97.2 Å². The van der Waals surface area contributed by atoms with Gasteiger partial charge in [-0.25, -0.2) is 9.61 Å². The van der Waals surface area contributed by atoms with E-state index in [1.54, 1.807) is 0 Å². The van der Waals surface area contributed by atoms with Crippen molar-refractivity contribution in [2.75, 3.05) is 10.7 Å². The van der Waals surface area contributed by atoms with Gasteiger partial charge in [0.2, 0.25) is 11.3 Å². The van der Waals surface area contributed by atoms with E-state index in [4.69, 9.17) is 4.63 Å². The molecule has 0 saturated heterocycles. The normalized spacial score (nSPS) is 11.3. The highest BCUT2D eigenvalue weighted by molar-refractivity contribution is 14.1. The molecule has 12 heteroatoms. The Hall–Kier alpha value is -2.07. The molecule has 0 bridgehead atoms. The van der Waals surface area contributed by atoms with E-state index in [9.17, 15) is 5.11 Å². The van der Waals surface area contributed by atoms with E-state index < -0.39 is 0 Å². The molecule has 146 valence electrons. The number of fused-ring (bicyclic) bond motifs is 1. The molecular formula is C17H10BrI2N7O2. The Bertz CT molecular complexity index is 1230. The van der Waals surface area contributed by atoms with Crippen molar-refractivity contribution in [3.05, 3.63) is 53.6 Å². The molecule has 3 N–H and O–H groups in total. The van der Waals surface area contributed by atoms with Gasteiger partial charge in [-0.2, -0.15) is 10.1 Å². The fourth-order valence-electron chi connectivity index (χ4n) is 2.35. The molecule has 0 aliphatic heterocycles. The minimum absolute atomic E-state index is 0.159. The Labute approximate surface area is 199 Å². The van der Waals surface area contributed by atoms with Gasteiger partial charge in [-0.3, -0.25) is 5.43 Å². The van der Waals surface area contributed by atoms with Gasteiger partial charge >= 0.3 is 0 Å². The second-order valence-electron chi connectivity index (χ2n) is 5.66. The van der Waals surface area contributed by atoms with Crippen molar-refractivity contribution in [3.63, 3.8) is 0 Å². The number of aromatic nitrogens is 4. The molecule has 0 atom stereocenters. The van der Waals surface area contributed by atoms with Crippen molar-refractivity contribution in [3.8, 4) is 5.75 Å². The van der Waals surface area contributed by atoms with E-state index in [0.29, 0.717) is 17.2 Å². The predicted molar refractivity (Wildman–Crippen MR) is 130 cm³/mol. The van der Waals surface area contributed by atoms with Crippen molar-refractivity contribution in [2.45, 2.75) is 0 Å². The summed E-state index contributed by atoms with van der Waals surface area (Å²) in [6.45, 7) is 0. The van der Waals surface area contributed by atoms with Gasteiger partial charge in [0, 0.05) is 19.3 Å². The second-order valence-corrected chi connectivity index (χ2v) is 8.99. The summed E-state index contributed by atoms with van der Waals surface area (Å²) in [4.78, 5) is 8.74. The molecule has 0 aliphatic carbocycles. The maximum Gasteiger partial charge on any atom is 0.245 e. The minimum atomic E-state index is 0.159. The number of aromatic hydroxyl groups is 1. The van der Waals surface area contributed by atoms with Crippen LogP contribution < -0.4 is 10.7 Å². The van der Waals surface area contributed by atoms with E-state index in [1.807, 2.05) is 36.4 Å². The average molecular weight is 678 g/mol. The van der Waals surface area contributed by atoms with Crippen LogP contribution in [0.1, 0.15) is 5.56 Å². The van der Waals surface area contributed by atoms with Crippen LogP contribution in [-0.4, -0.2) is 31.6 Å². The van der Waals surface area contributed by atoms with Crippen molar-refractivity contribution in [2.24, 2.45) is 5.10 Å². The average Bonchev–Trinajstić information content (AvgIpc) is 3.13. The van der Waals surface area contributed by atoms with Gasteiger partial charge in [-0.15, -0.1) is 0 Å². The second kappa shape index (κ2) is 8.74. The first-order valence-corrected chi connectivity index (χ1v) is 10.9. The summed E-state index contributed by atoms with van der Waals surface area (Å²) in [6, 6.07) is 11.3. The number of hydrazone groups is 1. The van der Waals surface area contributed by atoms with Crippen LogP contribution in [0.15, 0.2) is 50.6 Å². The standard InChI is InChI=1S/C17H10BrI2N7O2/c18-9-2-1-3-11(5-9)22-14-15(24-17-16(23-14)26-29-27-17)25-21-7-8-4-10(19)6-12(20)13(8)28/h1-7,28H,(H,22,23,26)(H,24,25,27)/b21-7-. The highest BCUT2D eigenvalue weighted by Gasteiger charge is 2.13. The highest BCUT2D eigenvalue weighted by atomic mass is 127. The van der Waals surface area contributed by atoms with Crippen LogP contribution in [0, 0.1) is 7.14 Å². The molecule has 2 heterocycles. The van der Waals surface area contributed by atoms with E-state index >= 15 is 0 Å². The quantitative estimate of drug-likeness (QED) is 0.155. The first kappa shape index (κ1) is 20.2. The number of hydrogen-bond acceptors (Lipinski definition) is 9. The fourth-order valence-corrected chi connectivity index (χ4v) is 4.64. The number of hydrogen-bond donors (Lipinski definition) is 3. The van der Waals surface area contributed by atoms with E-state index in [0.717, 1.165) is 17.3 Å². The lowest BCUT2D eigenvalue weighted by Gasteiger charge is -2.09. The lowest BCUT2D eigenvalue weighted by atomic mass is 10.2. The van der Waals surface area contributed by atoms with Crippen LogP contribution in [-0.2, 0) is 0 Å². The zero-order chi connectivity index (χ0) is 20.4. The third-order valence-corrected chi connectivity index (χ3v) is 5.57. The molecule has 29 heavy (non-hydrogen) atoms. The maximum absolute atomic E-state index is 10.2. The molecule has 2 aromatic heterocycles. The monoisotopic (exact) mass is 677 g/mol. The molecule has 0 saturated carbocycles. The molecule has 4 rings (SSSR count). The minimum Gasteiger partial charge on any atom is -0.506 e. The molecule has 0 fully saturated rings. The Balaban J connectivity index is 1.65. The molecular weight excluding hydrogens is 668 g/mol. The van der Waals surface area contributed by atoms with Gasteiger partial charge in [0.05, 0.1) is 9.78 Å². The summed E-state index contributed by atoms with van der Waals surface area (Å²) in [5.41, 5.74) is 4.72. The number of nitrogens with one attached hydrogen (secondary N) is 2. The third kappa shape index (κ3) is 4.75. The van der Waals surface area contributed by atoms with Gasteiger partial charge < -0.3 is 10.4 Å². The summed E-state index contributed by atoms with van der Waals surface area (Å²) in [7, 11) is 0. The fraction of sp³-hybridized carbons (Fsp3) is 0. The Morgan fingerprint density at radius 3 is 2.59 bits per heavy atom. The van der Waals surface area contributed by atoms with Crippen LogP contribution in [0.3, 0.4) is 0 Å². The number of halogens is 3. The number of benzene rings is 2. The van der Waals surface area contributed by atoms with Crippen molar-refractivity contribution in [1.82, 2.24) is 20.3 Å². The van der Waals surface area contributed by atoms with Crippen LogP contribution in [0.25, 0.3) is 11.3 Å². The number of rotatable bonds is 5. The van der Waals surface area contributed by atoms with E-state index in [1.165, 1.54) is 6.21 Å². The Kier molecular flexibility index (Phi) is 6.09. The maximum atomic E-state index is 10.2. The lowest BCUT2D eigenvalue weighted by molar-refractivity contribution is 0.314. The molecule has 9 nitrogen and oxygen atoms in total. The molecule has 4 aromatic rings. The summed E-state index contributed by atoms with van der Waals surface area (Å²) in [6.07, 6.45) is 1.51. The summed E-state index contributed by atoms with van der Waals surface area (Å²) >= 11 is 7.69. The van der Waals surface area contributed by atoms with Crippen molar-refractivity contribution < 1.29 is 9.74 Å². The molecule has 0 amide bonds. The lowest BCUT2D eigenvalue weighted by Crippen LogP contribution is -2.03. The topological polar surface area (TPSA) is 121 Å². The summed E-state index contributed by atoms with van der Waals surface area (Å²) in [5, 5.41) is 25.0. The van der Waals surface area contributed by atoms with Gasteiger partial charge in [0.25, 0.3) is 0 Å². The predicted octanol–water partition coefficient (Wildman–Crippen LogP) is 4.88. The smallest absolute Gasteiger partial charge is 0.245 e. The molecule has 0 radical (unpaired) electrons. The Morgan fingerprint density at radius 2 is 1.83 bits per heavy atom. The van der Waals surface area contributed by atoms with Gasteiger partial charge in [0.15, 0.2) is 11.6 Å². The SMILES string of the molecule is Oc1c(I)cc(I)cc1/C=N\Nc1nc2nonc2nc1Nc1cccc(Br)c1. The Morgan fingerprint density at radius 1 is 1.07 bits per heavy atom. The van der Waals surface area contributed by atoms with E-state index in [-0.39, 0.29) is 17.0 Å². The molecule has 0 unspecified atom stereocenters. The van der Waals surface area contributed by atoms with Crippen LogP contribution >= 0.6 is 61.1 Å².